The zero-order chi connectivity index (χ0) is 39.1. The van der Waals surface area contributed by atoms with Gasteiger partial charge in [-0.15, -0.1) is 0 Å². The lowest BCUT2D eigenvalue weighted by molar-refractivity contribution is 0.599. The number of nitrogens with zero attached hydrogens (tertiary/aromatic N) is 2. The molecule has 2 atom stereocenters. The molecular weight excluding hydrogens is 701 g/mol. The Morgan fingerprint density at radius 2 is 1.02 bits per heavy atom. The maximum atomic E-state index is 4.65. The summed E-state index contributed by atoms with van der Waals surface area (Å²) < 4.78 is 0. The third-order valence-corrected chi connectivity index (χ3v) is 12.2. The van der Waals surface area contributed by atoms with Crippen molar-refractivity contribution in [2.24, 2.45) is 5.92 Å². The van der Waals surface area contributed by atoms with E-state index < -0.39 is 0 Å². The number of fused-ring (bicyclic) bond motifs is 2. The van der Waals surface area contributed by atoms with Gasteiger partial charge in [-0.05, 0) is 121 Å². The lowest BCUT2D eigenvalue weighted by Gasteiger charge is -2.36. The van der Waals surface area contributed by atoms with E-state index in [1.54, 1.807) is 0 Å². The Hall–Kier alpha value is -6.90. The number of benzene rings is 6. The highest BCUT2D eigenvalue weighted by atomic mass is 14.7. The quantitative estimate of drug-likeness (QED) is 0.162. The summed E-state index contributed by atoms with van der Waals surface area (Å²) in [5.41, 5.74) is 18.5. The Kier molecular flexibility index (Phi) is 9.11. The van der Waals surface area contributed by atoms with E-state index in [1.807, 2.05) is 24.5 Å². The first-order chi connectivity index (χ1) is 28.5. The van der Waals surface area contributed by atoms with Crippen molar-refractivity contribution in [3.63, 3.8) is 0 Å². The molecule has 2 unspecified atom stereocenters. The second kappa shape index (κ2) is 14.9. The van der Waals surface area contributed by atoms with Gasteiger partial charge in [-0.25, -0.2) is 0 Å². The van der Waals surface area contributed by atoms with Crippen molar-refractivity contribution in [3.8, 4) is 44.8 Å². The summed E-state index contributed by atoms with van der Waals surface area (Å²) in [6.45, 7) is 4.83. The molecular formula is C56H44N2. The molecule has 0 saturated carbocycles. The Morgan fingerprint density at radius 3 is 1.60 bits per heavy atom. The van der Waals surface area contributed by atoms with Crippen LogP contribution in [0.15, 0.2) is 206 Å². The molecule has 0 bridgehead atoms. The fourth-order valence-electron chi connectivity index (χ4n) is 9.37. The molecule has 2 nitrogen and oxygen atoms in total. The third kappa shape index (κ3) is 6.51. The second-order valence-electron chi connectivity index (χ2n) is 16.1. The van der Waals surface area contributed by atoms with Gasteiger partial charge < -0.3 is 0 Å². The minimum Gasteiger partial charge on any atom is -0.256 e. The molecule has 10 rings (SSSR count). The van der Waals surface area contributed by atoms with Crippen molar-refractivity contribution in [3.05, 3.63) is 228 Å². The van der Waals surface area contributed by atoms with E-state index in [0.29, 0.717) is 0 Å². The first-order valence-electron chi connectivity index (χ1n) is 20.4. The van der Waals surface area contributed by atoms with Crippen LogP contribution in [0.3, 0.4) is 0 Å². The number of hydrogen-bond acceptors (Lipinski definition) is 2. The third-order valence-electron chi connectivity index (χ3n) is 12.2. The first kappa shape index (κ1) is 35.5. The Morgan fingerprint density at radius 1 is 0.500 bits per heavy atom. The van der Waals surface area contributed by atoms with E-state index in [1.165, 1.54) is 72.0 Å². The molecule has 0 radical (unpaired) electrons. The molecule has 58 heavy (non-hydrogen) atoms. The number of allylic oxidation sites excluding steroid dienone is 5. The fraction of sp³-hybridized carbons (Fsp3) is 0.107. The van der Waals surface area contributed by atoms with Gasteiger partial charge in [0.15, 0.2) is 0 Å². The molecule has 278 valence electrons. The van der Waals surface area contributed by atoms with Gasteiger partial charge in [0.2, 0.25) is 0 Å². The highest BCUT2D eigenvalue weighted by Crippen LogP contribution is 2.50. The lowest BCUT2D eigenvalue weighted by atomic mass is 9.68. The molecule has 6 aromatic carbocycles. The van der Waals surface area contributed by atoms with Crippen LogP contribution in [-0.4, -0.2) is 9.97 Å². The van der Waals surface area contributed by atoms with Gasteiger partial charge in [0.05, 0.1) is 11.4 Å². The average molecular weight is 745 g/mol. The molecule has 2 heteroatoms. The van der Waals surface area contributed by atoms with Gasteiger partial charge in [0, 0.05) is 28.9 Å². The lowest BCUT2D eigenvalue weighted by Crippen LogP contribution is -2.24. The molecule has 0 fully saturated rings. The van der Waals surface area contributed by atoms with E-state index in [4.69, 9.17) is 0 Å². The van der Waals surface area contributed by atoms with Crippen LogP contribution in [0.1, 0.15) is 42.5 Å². The summed E-state index contributed by atoms with van der Waals surface area (Å²) in [5.74, 6) is 0.289. The molecule has 0 spiro atoms. The Bertz CT molecular complexity index is 2850. The minimum atomic E-state index is -0.161. The van der Waals surface area contributed by atoms with Crippen molar-refractivity contribution < 1.29 is 0 Å². The van der Waals surface area contributed by atoms with E-state index in [-0.39, 0.29) is 11.3 Å². The minimum absolute atomic E-state index is 0.161. The smallest absolute Gasteiger partial charge is 0.0701 e. The number of pyridine rings is 2. The van der Waals surface area contributed by atoms with E-state index in [0.717, 1.165) is 35.4 Å². The molecule has 2 aromatic heterocycles. The summed E-state index contributed by atoms with van der Waals surface area (Å²) in [7, 11) is 0. The Labute approximate surface area is 341 Å². The highest BCUT2D eigenvalue weighted by molar-refractivity contribution is 6.10. The summed E-state index contributed by atoms with van der Waals surface area (Å²) in [4.78, 5) is 9.29. The Balaban J connectivity index is 1.21. The molecule has 2 heterocycles. The molecule has 0 amide bonds. The highest BCUT2D eigenvalue weighted by Gasteiger charge is 2.33. The number of rotatable bonds is 7. The van der Waals surface area contributed by atoms with Crippen molar-refractivity contribution in [1.82, 2.24) is 9.97 Å². The van der Waals surface area contributed by atoms with Crippen molar-refractivity contribution in [1.29, 1.82) is 0 Å². The van der Waals surface area contributed by atoms with Crippen LogP contribution in [0.4, 0.5) is 0 Å². The first-order valence-corrected chi connectivity index (χ1v) is 20.4. The van der Waals surface area contributed by atoms with Gasteiger partial charge in [-0.1, -0.05) is 172 Å². The SMILES string of the molecule is CC1Cc2c(c(-c3ccc(-c4ccccn4)cc3)c3ccccc3c2-c2ccc(-c3ccccn3)cc2)C=C1C1=CC(C)(c2ccccc2)CC(c2ccccc2)=C1. The van der Waals surface area contributed by atoms with Crippen LogP contribution in [0, 0.1) is 5.92 Å². The molecule has 8 aromatic rings. The van der Waals surface area contributed by atoms with Crippen LogP contribution in [0.25, 0.3) is 67.2 Å². The van der Waals surface area contributed by atoms with Crippen LogP contribution in [-0.2, 0) is 11.8 Å². The maximum absolute atomic E-state index is 4.65. The van der Waals surface area contributed by atoms with Gasteiger partial charge in [0.1, 0.15) is 0 Å². The second-order valence-corrected chi connectivity index (χ2v) is 16.1. The molecule has 0 saturated heterocycles. The predicted molar refractivity (Wildman–Crippen MR) is 243 cm³/mol. The average Bonchev–Trinajstić information content (AvgIpc) is 3.29. The van der Waals surface area contributed by atoms with Crippen LogP contribution < -0.4 is 0 Å². The van der Waals surface area contributed by atoms with E-state index >= 15 is 0 Å². The summed E-state index contributed by atoms with van der Waals surface area (Å²) >= 11 is 0. The zero-order valence-electron chi connectivity index (χ0n) is 32.9. The summed E-state index contributed by atoms with van der Waals surface area (Å²) in [6, 6.07) is 61.3. The van der Waals surface area contributed by atoms with Gasteiger partial charge in [0.25, 0.3) is 0 Å². The largest absolute Gasteiger partial charge is 0.256 e. The fourth-order valence-corrected chi connectivity index (χ4v) is 9.37. The zero-order valence-corrected chi connectivity index (χ0v) is 32.9. The molecule has 0 N–H and O–H groups in total. The normalized spacial score (nSPS) is 17.6. The van der Waals surface area contributed by atoms with Crippen LogP contribution >= 0.6 is 0 Å². The van der Waals surface area contributed by atoms with E-state index in [9.17, 15) is 0 Å². The van der Waals surface area contributed by atoms with Gasteiger partial charge >= 0.3 is 0 Å². The van der Waals surface area contributed by atoms with Crippen molar-refractivity contribution in [2.45, 2.75) is 32.1 Å². The standard InChI is InChI=1S/C56H44N2/c1-38-33-50-51(35-49(38)45-34-44(39-15-5-3-6-16-39)36-56(2,37-45)46-17-7-4-8-18-46)55(43-29-25-41(26-30-43)53-22-12-14-32-58-53)48-20-10-9-19-47(48)54(50)42-27-23-40(24-28-42)52-21-11-13-31-57-52/h3-32,34-35,37-38H,33,36H2,1-2H3. The monoisotopic (exact) mass is 744 g/mol. The number of hydrogen-bond donors (Lipinski definition) is 0. The molecule has 2 aliphatic rings. The topological polar surface area (TPSA) is 25.8 Å². The summed E-state index contributed by atoms with van der Waals surface area (Å²) in [6.07, 6.45) is 13.2. The van der Waals surface area contributed by atoms with Crippen LogP contribution in [0.5, 0.6) is 0 Å². The maximum Gasteiger partial charge on any atom is 0.0701 e. The van der Waals surface area contributed by atoms with Crippen LogP contribution in [0.2, 0.25) is 0 Å². The van der Waals surface area contributed by atoms with Crippen molar-refractivity contribution >= 4 is 22.4 Å². The van der Waals surface area contributed by atoms with Gasteiger partial charge in [-0.2, -0.15) is 0 Å². The van der Waals surface area contributed by atoms with Crippen molar-refractivity contribution in [2.75, 3.05) is 0 Å². The molecule has 0 aliphatic heterocycles. The van der Waals surface area contributed by atoms with E-state index in [2.05, 4.69) is 200 Å². The number of aromatic nitrogens is 2. The molecule has 2 aliphatic carbocycles. The predicted octanol–water partition coefficient (Wildman–Crippen LogP) is 14.2. The summed E-state index contributed by atoms with van der Waals surface area (Å²) in [5, 5.41) is 2.53. The van der Waals surface area contributed by atoms with Gasteiger partial charge in [-0.3, -0.25) is 9.97 Å².